The molecule has 21 heavy (non-hydrogen) atoms. The Labute approximate surface area is 124 Å². The number of hydrogen-bond acceptors (Lipinski definition) is 4. The zero-order valence-electron chi connectivity index (χ0n) is 12.3. The maximum atomic E-state index is 11.8. The van der Waals surface area contributed by atoms with Crippen LogP contribution in [0.3, 0.4) is 0 Å². The first-order valence-electron chi connectivity index (χ1n) is 7.56. The molecule has 0 aliphatic carbocycles. The maximum Gasteiger partial charge on any atom is 0.332 e. The van der Waals surface area contributed by atoms with Gasteiger partial charge in [-0.25, -0.2) is 9.59 Å². The Kier molecular flexibility index (Phi) is 5.81. The van der Waals surface area contributed by atoms with Crippen molar-refractivity contribution in [3.63, 3.8) is 0 Å². The molecule has 7 nitrogen and oxygen atoms in total. The highest BCUT2D eigenvalue weighted by Gasteiger charge is 2.30. The van der Waals surface area contributed by atoms with Crippen LogP contribution in [0.2, 0.25) is 0 Å². The molecule has 0 aromatic rings. The van der Waals surface area contributed by atoms with E-state index in [0.29, 0.717) is 25.3 Å². The summed E-state index contributed by atoms with van der Waals surface area (Å²) in [4.78, 5) is 22.6. The zero-order chi connectivity index (χ0) is 15.2. The summed E-state index contributed by atoms with van der Waals surface area (Å²) >= 11 is 0. The lowest BCUT2D eigenvalue weighted by atomic mass is 9.93. The summed E-state index contributed by atoms with van der Waals surface area (Å²) in [6, 6.07) is -0.124. The summed E-state index contributed by atoms with van der Waals surface area (Å²) in [5, 5.41) is 14.5. The molecule has 2 amide bonds. The fourth-order valence-electron chi connectivity index (χ4n) is 2.84. The molecule has 3 atom stereocenters. The second kappa shape index (κ2) is 7.61. The minimum Gasteiger partial charge on any atom is -0.479 e. The lowest BCUT2D eigenvalue weighted by Crippen LogP contribution is -2.47. The number of carboxylic acids is 1. The molecule has 0 aromatic heterocycles. The second-order valence-corrected chi connectivity index (χ2v) is 5.76. The Morgan fingerprint density at radius 3 is 2.57 bits per heavy atom. The number of urea groups is 1. The van der Waals surface area contributed by atoms with Crippen molar-refractivity contribution in [3.05, 3.63) is 0 Å². The minimum atomic E-state index is -0.935. The highest BCUT2D eigenvalue weighted by molar-refractivity contribution is 5.74. The first kappa shape index (κ1) is 16.0. The standard InChI is InChI=1S/C14H24N2O5/c1-9(10-4-6-20-7-5-10)16-14(19)15-8-11-2-3-12(21-11)13(17)18/h9-12H,2-8H2,1H3,(H,17,18)(H2,15,16,19). The number of aliphatic carboxylic acids is 1. The topological polar surface area (TPSA) is 96.9 Å². The molecule has 2 aliphatic rings. The van der Waals surface area contributed by atoms with Crippen molar-refractivity contribution >= 4 is 12.0 Å². The number of rotatable bonds is 5. The normalized spacial score (nSPS) is 28.0. The van der Waals surface area contributed by atoms with E-state index in [0.717, 1.165) is 26.1 Å². The van der Waals surface area contributed by atoms with Gasteiger partial charge in [-0.1, -0.05) is 0 Å². The number of nitrogens with one attached hydrogen (secondary N) is 2. The van der Waals surface area contributed by atoms with Crippen LogP contribution in [0.25, 0.3) is 0 Å². The van der Waals surface area contributed by atoms with E-state index in [2.05, 4.69) is 10.6 Å². The van der Waals surface area contributed by atoms with E-state index >= 15 is 0 Å². The summed E-state index contributed by atoms with van der Waals surface area (Å²) in [5.41, 5.74) is 0. The molecule has 2 fully saturated rings. The summed E-state index contributed by atoms with van der Waals surface area (Å²) < 4.78 is 10.6. The second-order valence-electron chi connectivity index (χ2n) is 5.76. The highest BCUT2D eigenvalue weighted by atomic mass is 16.5. The van der Waals surface area contributed by atoms with E-state index < -0.39 is 12.1 Å². The maximum absolute atomic E-state index is 11.8. The van der Waals surface area contributed by atoms with Crippen molar-refractivity contribution in [2.24, 2.45) is 5.92 Å². The van der Waals surface area contributed by atoms with E-state index in [-0.39, 0.29) is 18.2 Å². The third-order valence-electron chi connectivity index (χ3n) is 4.21. The Bertz CT molecular complexity index is 370. The van der Waals surface area contributed by atoms with E-state index in [1.165, 1.54) is 0 Å². The number of hydrogen-bond donors (Lipinski definition) is 3. The molecule has 7 heteroatoms. The summed E-state index contributed by atoms with van der Waals surface area (Å²) in [5.74, 6) is -0.487. The van der Waals surface area contributed by atoms with Crippen LogP contribution in [-0.4, -0.2) is 55.1 Å². The van der Waals surface area contributed by atoms with Gasteiger partial charge in [-0.15, -0.1) is 0 Å². The molecule has 0 aromatic carbocycles. The number of carbonyl (C=O) groups excluding carboxylic acids is 1. The van der Waals surface area contributed by atoms with Crippen molar-refractivity contribution in [2.75, 3.05) is 19.8 Å². The molecule has 3 N–H and O–H groups in total. The van der Waals surface area contributed by atoms with Gasteiger partial charge in [-0.3, -0.25) is 0 Å². The smallest absolute Gasteiger partial charge is 0.332 e. The van der Waals surface area contributed by atoms with E-state index in [9.17, 15) is 9.59 Å². The minimum absolute atomic E-state index is 0.102. The van der Waals surface area contributed by atoms with Crippen LogP contribution < -0.4 is 10.6 Å². The predicted octanol–water partition coefficient (Wildman–Crippen LogP) is 0.733. The largest absolute Gasteiger partial charge is 0.479 e. The van der Waals surface area contributed by atoms with Crippen molar-refractivity contribution in [2.45, 2.75) is 50.9 Å². The van der Waals surface area contributed by atoms with Crippen LogP contribution in [0.5, 0.6) is 0 Å². The van der Waals surface area contributed by atoms with Crippen molar-refractivity contribution in [1.29, 1.82) is 0 Å². The summed E-state index contributed by atoms with van der Waals surface area (Å²) in [6.45, 7) is 3.85. The van der Waals surface area contributed by atoms with Crippen LogP contribution in [0.4, 0.5) is 4.79 Å². The van der Waals surface area contributed by atoms with Crippen molar-refractivity contribution in [1.82, 2.24) is 10.6 Å². The van der Waals surface area contributed by atoms with Gasteiger partial charge in [-0.05, 0) is 38.5 Å². The fourth-order valence-corrected chi connectivity index (χ4v) is 2.84. The van der Waals surface area contributed by atoms with Gasteiger partial charge < -0.3 is 25.2 Å². The molecule has 2 saturated heterocycles. The highest BCUT2D eigenvalue weighted by Crippen LogP contribution is 2.20. The molecule has 120 valence electrons. The van der Waals surface area contributed by atoms with Crippen LogP contribution in [0, 0.1) is 5.92 Å². The number of carbonyl (C=O) groups is 2. The molecular formula is C14H24N2O5. The Hall–Kier alpha value is -1.34. The monoisotopic (exact) mass is 300 g/mol. The lowest BCUT2D eigenvalue weighted by molar-refractivity contribution is -0.149. The fraction of sp³-hybridized carbons (Fsp3) is 0.857. The van der Waals surface area contributed by atoms with Crippen LogP contribution in [0.1, 0.15) is 32.6 Å². The number of carboxylic acid groups (broad SMARTS) is 1. The van der Waals surface area contributed by atoms with Gasteiger partial charge in [0, 0.05) is 25.8 Å². The first-order valence-corrected chi connectivity index (χ1v) is 7.56. The molecule has 0 spiro atoms. The van der Waals surface area contributed by atoms with Gasteiger partial charge in [0.25, 0.3) is 0 Å². The van der Waals surface area contributed by atoms with Gasteiger partial charge in [0.1, 0.15) is 0 Å². The predicted molar refractivity (Wildman–Crippen MR) is 75.1 cm³/mol. The van der Waals surface area contributed by atoms with Gasteiger partial charge in [0.2, 0.25) is 0 Å². The average Bonchev–Trinajstić information content (AvgIpc) is 2.95. The summed E-state index contributed by atoms with van der Waals surface area (Å²) in [7, 11) is 0. The molecule has 2 rings (SSSR count). The first-order chi connectivity index (χ1) is 10.1. The van der Waals surface area contributed by atoms with Gasteiger partial charge in [0.15, 0.2) is 6.10 Å². The summed E-state index contributed by atoms with van der Waals surface area (Å²) in [6.07, 6.45) is 2.14. The molecule has 0 radical (unpaired) electrons. The molecule has 0 bridgehead atoms. The van der Waals surface area contributed by atoms with Crippen LogP contribution in [-0.2, 0) is 14.3 Å². The molecule has 3 unspecified atom stereocenters. The Morgan fingerprint density at radius 1 is 1.24 bits per heavy atom. The Morgan fingerprint density at radius 2 is 1.95 bits per heavy atom. The zero-order valence-corrected chi connectivity index (χ0v) is 12.3. The number of amides is 2. The SMILES string of the molecule is CC(NC(=O)NCC1CCC(C(=O)O)O1)C1CCOCC1. The lowest BCUT2D eigenvalue weighted by Gasteiger charge is -2.28. The van der Waals surface area contributed by atoms with Crippen LogP contribution >= 0.6 is 0 Å². The van der Waals surface area contributed by atoms with Crippen LogP contribution in [0.15, 0.2) is 0 Å². The average molecular weight is 300 g/mol. The molecular weight excluding hydrogens is 276 g/mol. The molecule has 2 heterocycles. The number of ether oxygens (including phenoxy) is 2. The third kappa shape index (κ3) is 4.86. The molecule has 2 aliphatic heterocycles. The third-order valence-corrected chi connectivity index (χ3v) is 4.21. The van der Waals surface area contributed by atoms with E-state index in [4.69, 9.17) is 14.6 Å². The van der Waals surface area contributed by atoms with E-state index in [1.807, 2.05) is 6.92 Å². The molecule has 0 saturated carbocycles. The van der Waals surface area contributed by atoms with Gasteiger partial charge in [0.05, 0.1) is 6.10 Å². The van der Waals surface area contributed by atoms with Crippen molar-refractivity contribution in [3.8, 4) is 0 Å². The van der Waals surface area contributed by atoms with E-state index in [1.54, 1.807) is 0 Å². The quantitative estimate of drug-likeness (QED) is 0.695. The van der Waals surface area contributed by atoms with Crippen molar-refractivity contribution < 1.29 is 24.2 Å². The van der Waals surface area contributed by atoms with Gasteiger partial charge >= 0.3 is 12.0 Å². The van der Waals surface area contributed by atoms with Gasteiger partial charge in [-0.2, -0.15) is 0 Å². The Balaban J connectivity index is 1.64.